The molecule has 7 nitrogen and oxygen atoms in total. The fourth-order valence-electron chi connectivity index (χ4n) is 2.51. The smallest absolute Gasteiger partial charge is 0.319 e. The summed E-state index contributed by atoms with van der Waals surface area (Å²) in [7, 11) is 0. The van der Waals surface area contributed by atoms with E-state index < -0.39 is 0 Å². The van der Waals surface area contributed by atoms with Gasteiger partial charge < -0.3 is 20.5 Å². The molecule has 26 heavy (non-hydrogen) atoms. The summed E-state index contributed by atoms with van der Waals surface area (Å²) >= 11 is 0. The second-order valence-corrected chi connectivity index (χ2v) is 6.35. The van der Waals surface area contributed by atoms with E-state index >= 15 is 0 Å². The summed E-state index contributed by atoms with van der Waals surface area (Å²) < 4.78 is 1.57. The number of urea groups is 1. The number of nitrogens with zero attached hydrogens (tertiary/aromatic N) is 1. The standard InChI is InChI=1S/C19H22N4O3/c1-2-11-23-12-16(9-10-17(23)24)20-18(25)13-3-5-14(6-4-13)21-19(26)22-15-7-8-15/h3-6,9-10,12,15H,2,7-8,11H2,1H3,(H,20,25)(H2,21,22,26). The SMILES string of the molecule is CCCn1cc(NC(=O)c2ccc(NC(=O)NC3CC3)cc2)ccc1=O. The van der Waals surface area contributed by atoms with Crippen molar-refractivity contribution in [2.75, 3.05) is 10.6 Å². The number of anilines is 2. The van der Waals surface area contributed by atoms with Gasteiger partial charge in [0.05, 0.1) is 5.69 Å². The second-order valence-electron chi connectivity index (χ2n) is 6.35. The number of aromatic nitrogens is 1. The van der Waals surface area contributed by atoms with Crippen molar-refractivity contribution >= 4 is 23.3 Å². The van der Waals surface area contributed by atoms with Crippen LogP contribution in [-0.2, 0) is 6.54 Å². The van der Waals surface area contributed by atoms with Crippen LogP contribution < -0.4 is 21.5 Å². The summed E-state index contributed by atoms with van der Waals surface area (Å²) in [5.41, 5.74) is 1.56. The lowest BCUT2D eigenvalue weighted by atomic mass is 10.2. The molecular weight excluding hydrogens is 332 g/mol. The van der Waals surface area contributed by atoms with Crippen LogP contribution in [0.4, 0.5) is 16.2 Å². The molecule has 3 rings (SSSR count). The maximum atomic E-state index is 12.4. The Morgan fingerprint density at radius 1 is 1.04 bits per heavy atom. The quantitative estimate of drug-likeness (QED) is 0.745. The molecular formula is C19H22N4O3. The van der Waals surface area contributed by atoms with Crippen LogP contribution >= 0.6 is 0 Å². The van der Waals surface area contributed by atoms with Crippen LogP contribution in [0, 0.1) is 0 Å². The van der Waals surface area contributed by atoms with E-state index in [1.165, 1.54) is 6.07 Å². The van der Waals surface area contributed by atoms with Crippen LogP contribution in [0.3, 0.4) is 0 Å². The molecule has 136 valence electrons. The number of nitrogens with one attached hydrogen (secondary N) is 3. The van der Waals surface area contributed by atoms with E-state index in [-0.39, 0.29) is 23.5 Å². The average Bonchev–Trinajstić information content (AvgIpc) is 3.42. The first-order chi connectivity index (χ1) is 12.5. The normalized spacial score (nSPS) is 13.1. The largest absolute Gasteiger partial charge is 0.335 e. The highest BCUT2D eigenvalue weighted by atomic mass is 16.2. The molecule has 0 bridgehead atoms. The lowest BCUT2D eigenvalue weighted by Crippen LogP contribution is -2.30. The van der Waals surface area contributed by atoms with Gasteiger partial charge in [-0.15, -0.1) is 0 Å². The number of carbonyl (C=O) groups excluding carboxylic acids is 2. The topological polar surface area (TPSA) is 92.2 Å². The molecule has 2 aromatic rings. The molecule has 0 radical (unpaired) electrons. The molecule has 1 heterocycles. The molecule has 1 saturated carbocycles. The predicted octanol–water partition coefficient (Wildman–Crippen LogP) is 2.79. The number of hydrogen-bond acceptors (Lipinski definition) is 3. The first-order valence-electron chi connectivity index (χ1n) is 8.74. The highest BCUT2D eigenvalue weighted by Crippen LogP contribution is 2.19. The summed E-state index contributed by atoms with van der Waals surface area (Å²) in [6, 6.07) is 9.73. The van der Waals surface area contributed by atoms with E-state index in [2.05, 4.69) is 16.0 Å². The fourth-order valence-corrected chi connectivity index (χ4v) is 2.51. The van der Waals surface area contributed by atoms with Crippen molar-refractivity contribution in [1.82, 2.24) is 9.88 Å². The van der Waals surface area contributed by atoms with Gasteiger partial charge in [-0.05, 0) is 49.6 Å². The summed E-state index contributed by atoms with van der Waals surface area (Å²) in [6.07, 6.45) is 4.53. The first-order valence-corrected chi connectivity index (χ1v) is 8.74. The third-order valence-electron chi connectivity index (χ3n) is 4.02. The maximum Gasteiger partial charge on any atom is 0.319 e. The van der Waals surface area contributed by atoms with Crippen LogP contribution in [-0.4, -0.2) is 22.5 Å². The number of hydrogen-bond donors (Lipinski definition) is 3. The van der Waals surface area contributed by atoms with E-state index in [4.69, 9.17) is 0 Å². The van der Waals surface area contributed by atoms with Gasteiger partial charge in [-0.25, -0.2) is 4.79 Å². The van der Waals surface area contributed by atoms with Crippen molar-refractivity contribution < 1.29 is 9.59 Å². The molecule has 1 aliphatic rings. The van der Waals surface area contributed by atoms with Gasteiger partial charge in [0.2, 0.25) is 0 Å². The molecule has 0 unspecified atom stereocenters. The summed E-state index contributed by atoms with van der Waals surface area (Å²) in [4.78, 5) is 35.8. The molecule has 3 amide bonds. The number of amides is 3. The number of aryl methyl sites for hydroxylation is 1. The molecule has 0 atom stereocenters. The fraction of sp³-hybridized carbons (Fsp3) is 0.316. The minimum absolute atomic E-state index is 0.0928. The van der Waals surface area contributed by atoms with E-state index in [0.29, 0.717) is 23.5 Å². The molecule has 1 aromatic heterocycles. The number of carbonyl (C=O) groups is 2. The Balaban J connectivity index is 1.61. The summed E-state index contributed by atoms with van der Waals surface area (Å²) in [5, 5.41) is 8.35. The number of benzene rings is 1. The van der Waals surface area contributed by atoms with Crippen LogP contribution in [0.2, 0.25) is 0 Å². The van der Waals surface area contributed by atoms with Gasteiger partial charge in [-0.1, -0.05) is 6.92 Å². The molecule has 7 heteroatoms. The highest BCUT2D eigenvalue weighted by molar-refractivity contribution is 6.04. The molecule has 1 aromatic carbocycles. The zero-order valence-corrected chi connectivity index (χ0v) is 14.6. The minimum atomic E-state index is -0.277. The molecule has 0 aliphatic heterocycles. The molecule has 1 fully saturated rings. The zero-order valence-electron chi connectivity index (χ0n) is 14.6. The van der Waals surface area contributed by atoms with Gasteiger partial charge in [0.25, 0.3) is 11.5 Å². The van der Waals surface area contributed by atoms with Gasteiger partial charge >= 0.3 is 6.03 Å². The van der Waals surface area contributed by atoms with Crippen molar-refractivity contribution in [2.24, 2.45) is 0 Å². The molecule has 0 saturated heterocycles. The van der Waals surface area contributed by atoms with Crippen LogP contribution in [0.5, 0.6) is 0 Å². The van der Waals surface area contributed by atoms with Crippen molar-refractivity contribution in [3.05, 3.63) is 58.5 Å². The van der Waals surface area contributed by atoms with E-state index in [0.717, 1.165) is 19.3 Å². The summed E-state index contributed by atoms with van der Waals surface area (Å²) in [6.45, 7) is 2.59. The van der Waals surface area contributed by atoms with Crippen molar-refractivity contribution in [3.8, 4) is 0 Å². The predicted molar refractivity (Wildman–Crippen MR) is 101 cm³/mol. The van der Waals surface area contributed by atoms with Gasteiger partial charge in [0.15, 0.2) is 0 Å². The van der Waals surface area contributed by atoms with E-state index in [1.54, 1.807) is 41.1 Å². The Morgan fingerprint density at radius 3 is 2.38 bits per heavy atom. The van der Waals surface area contributed by atoms with Gasteiger partial charge in [0.1, 0.15) is 0 Å². The van der Waals surface area contributed by atoms with Crippen LogP contribution in [0.25, 0.3) is 0 Å². The van der Waals surface area contributed by atoms with Crippen molar-refractivity contribution in [3.63, 3.8) is 0 Å². The Morgan fingerprint density at radius 2 is 1.73 bits per heavy atom. The third kappa shape index (κ3) is 4.72. The Hall–Kier alpha value is -3.09. The average molecular weight is 354 g/mol. The third-order valence-corrected chi connectivity index (χ3v) is 4.02. The molecule has 1 aliphatic carbocycles. The Bertz CT molecular complexity index is 854. The van der Waals surface area contributed by atoms with Gasteiger partial charge in [-0.2, -0.15) is 0 Å². The minimum Gasteiger partial charge on any atom is -0.335 e. The van der Waals surface area contributed by atoms with Gasteiger partial charge in [0, 0.05) is 36.1 Å². The Kier molecular flexibility index (Phi) is 5.36. The monoisotopic (exact) mass is 354 g/mol. The number of rotatable bonds is 6. The Labute approximate surface area is 151 Å². The zero-order chi connectivity index (χ0) is 18.5. The van der Waals surface area contributed by atoms with Crippen LogP contribution in [0.15, 0.2) is 47.4 Å². The highest BCUT2D eigenvalue weighted by Gasteiger charge is 2.23. The van der Waals surface area contributed by atoms with Gasteiger partial charge in [-0.3, -0.25) is 9.59 Å². The molecule has 3 N–H and O–H groups in total. The van der Waals surface area contributed by atoms with Crippen molar-refractivity contribution in [2.45, 2.75) is 38.8 Å². The van der Waals surface area contributed by atoms with Crippen molar-refractivity contribution in [1.29, 1.82) is 0 Å². The maximum absolute atomic E-state index is 12.4. The number of pyridine rings is 1. The van der Waals surface area contributed by atoms with E-state index in [9.17, 15) is 14.4 Å². The summed E-state index contributed by atoms with van der Waals surface area (Å²) in [5.74, 6) is -0.277. The van der Waals surface area contributed by atoms with E-state index in [1.807, 2.05) is 6.92 Å². The first kappa shape index (κ1) is 17.7. The lowest BCUT2D eigenvalue weighted by molar-refractivity contribution is 0.102. The lowest BCUT2D eigenvalue weighted by Gasteiger charge is -2.10. The second kappa shape index (κ2) is 7.86. The molecule has 0 spiro atoms. The van der Waals surface area contributed by atoms with Crippen LogP contribution in [0.1, 0.15) is 36.5 Å².